The summed E-state index contributed by atoms with van der Waals surface area (Å²) in [4.78, 5) is 33.5. The number of nitrogens with zero attached hydrogens (tertiary/aromatic N) is 1. The molecule has 17 heavy (non-hydrogen) atoms. The van der Waals surface area contributed by atoms with E-state index >= 15 is 0 Å². The second-order valence-electron chi connectivity index (χ2n) is 4.21. The first-order valence-electron chi connectivity index (χ1n) is 6.17. The predicted octanol–water partition coefficient (Wildman–Crippen LogP) is 1.09. The molecule has 0 aromatic carbocycles. The van der Waals surface area contributed by atoms with Crippen LogP contribution in [0.25, 0.3) is 0 Å². The maximum Gasteiger partial charge on any atom is 0.277 e. The fraction of sp³-hybridized carbons (Fsp3) is 1.00. The van der Waals surface area contributed by atoms with Crippen molar-refractivity contribution < 1.29 is 19.5 Å². The summed E-state index contributed by atoms with van der Waals surface area (Å²) < 4.78 is 0. The van der Waals surface area contributed by atoms with Gasteiger partial charge in [0.1, 0.15) is 0 Å². The van der Waals surface area contributed by atoms with Crippen molar-refractivity contribution in [1.82, 2.24) is 5.06 Å². The van der Waals surface area contributed by atoms with Gasteiger partial charge in [-0.25, -0.2) is 0 Å². The number of piperidine rings is 1. The molecule has 1 aliphatic heterocycles. The Morgan fingerprint density at radius 2 is 1.76 bits per heavy atom. The molecule has 1 heterocycles. The Morgan fingerprint density at radius 3 is 2.29 bits per heavy atom. The van der Waals surface area contributed by atoms with Crippen LogP contribution in [0.15, 0.2) is 0 Å². The van der Waals surface area contributed by atoms with Crippen molar-refractivity contribution in [1.29, 1.82) is 0 Å². The molecule has 1 saturated heterocycles. The average Bonchev–Trinajstić information content (AvgIpc) is 2.28. The van der Waals surface area contributed by atoms with Crippen LogP contribution in [0.3, 0.4) is 0 Å². The van der Waals surface area contributed by atoms with Gasteiger partial charge in [-0.15, -0.1) is 10.1 Å². The molecule has 0 radical (unpaired) electrons. The van der Waals surface area contributed by atoms with Crippen molar-refractivity contribution in [2.45, 2.75) is 32.6 Å². The molecule has 1 aliphatic rings. The second-order valence-corrected chi connectivity index (χ2v) is 9.99. The highest BCUT2D eigenvalue weighted by molar-refractivity contribution is 8.27. The molecule has 0 bridgehead atoms. The Hall–Kier alpha value is 0.580. The summed E-state index contributed by atoms with van der Waals surface area (Å²) in [5, 5.41) is 1.95. The zero-order valence-electron chi connectivity index (χ0n) is 10.4. The lowest BCUT2D eigenvalue weighted by molar-refractivity contribution is -0.162. The monoisotopic (exact) mass is 285 g/mol. The van der Waals surface area contributed by atoms with E-state index in [4.69, 9.17) is 4.84 Å². The summed E-state index contributed by atoms with van der Waals surface area (Å²) in [5.41, 5.74) is 0. The van der Waals surface area contributed by atoms with E-state index in [9.17, 15) is 14.7 Å². The molecule has 0 spiro atoms. The molecular weight excluding hydrogens is 261 g/mol. The van der Waals surface area contributed by atoms with Crippen LogP contribution in [0.1, 0.15) is 32.6 Å². The Bertz CT molecular complexity index is 267. The van der Waals surface area contributed by atoms with E-state index in [2.05, 4.69) is 0 Å². The predicted molar refractivity (Wildman–Crippen MR) is 72.3 cm³/mol. The van der Waals surface area contributed by atoms with Gasteiger partial charge in [-0.2, -0.15) is 5.06 Å². The summed E-state index contributed by atoms with van der Waals surface area (Å²) in [6.45, 7) is 0.670. The van der Waals surface area contributed by atoms with Crippen molar-refractivity contribution in [3.05, 3.63) is 0 Å². The van der Waals surface area contributed by atoms with Crippen LogP contribution in [-0.2, 0) is 14.9 Å². The minimum Gasteiger partial charge on any atom is -0.329 e. The van der Waals surface area contributed by atoms with Crippen molar-refractivity contribution in [3.8, 4) is 0 Å². The molecular formula is C10H24NO4PS. The topological polar surface area (TPSA) is 73.2 Å². The van der Waals surface area contributed by atoms with Gasteiger partial charge in [-0.05, 0) is 25.0 Å². The standard InChI is InChI=1S/C10H24NO4PS/c1-2-9-17(16(12,13)14)10-8-15-11-6-4-3-5-7-11/h12-14H,2-10H2,1H3. The van der Waals surface area contributed by atoms with E-state index in [-0.39, 0.29) is 0 Å². The minimum atomic E-state index is -3.68. The highest BCUT2D eigenvalue weighted by Gasteiger charge is 2.14. The summed E-state index contributed by atoms with van der Waals surface area (Å²) in [6.07, 6.45) is 4.43. The average molecular weight is 285 g/mol. The van der Waals surface area contributed by atoms with Gasteiger partial charge in [0, 0.05) is 18.8 Å². The molecule has 5 nitrogen and oxygen atoms in total. The van der Waals surface area contributed by atoms with Gasteiger partial charge >= 0.3 is 0 Å². The Labute approximate surface area is 106 Å². The number of rotatable bonds is 6. The quantitative estimate of drug-likeness (QED) is 0.637. The summed E-state index contributed by atoms with van der Waals surface area (Å²) in [6, 6.07) is 0. The lowest BCUT2D eigenvalue weighted by Crippen LogP contribution is -2.31. The Balaban J connectivity index is 2.32. The van der Waals surface area contributed by atoms with Crippen LogP contribution in [-0.4, -0.2) is 50.9 Å². The maximum atomic E-state index is 9.31. The first-order chi connectivity index (χ1) is 8.04. The molecule has 0 aromatic rings. The Kier molecular flexibility index (Phi) is 7.26. The molecule has 3 N–H and O–H groups in total. The van der Waals surface area contributed by atoms with Gasteiger partial charge in [0.15, 0.2) is 0 Å². The smallest absolute Gasteiger partial charge is 0.277 e. The third kappa shape index (κ3) is 6.34. The highest BCUT2D eigenvalue weighted by Crippen LogP contribution is 2.36. The van der Waals surface area contributed by atoms with E-state index in [0.717, 1.165) is 32.4 Å². The van der Waals surface area contributed by atoms with Gasteiger partial charge in [0.25, 0.3) is 6.72 Å². The van der Waals surface area contributed by atoms with Gasteiger partial charge < -0.3 is 14.7 Å². The zero-order valence-corrected chi connectivity index (χ0v) is 12.1. The molecule has 0 saturated carbocycles. The van der Waals surface area contributed by atoms with Gasteiger partial charge in [-0.1, -0.05) is 13.3 Å². The van der Waals surface area contributed by atoms with E-state index in [1.165, 1.54) is 6.42 Å². The maximum absolute atomic E-state index is 9.31. The molecule has 104 valence electrons. The molecule has 1 rings (SSSR count). The Morgan fingerprint density at radius 1 is 1.12 bits per heavy atom. The van der Waals surface area contributed by atoms with Crippen molar-refractivity contribution in [2.75, 3.05) is 31.2 Å². The molecule has 0 aliphatic carbocycles. The minimum absolute atomic E-state index is 0.465. The van der Waals surface area contributed by atoms with Crippen LogP contribution in [0, 0.1) is 0 Å². The zero-order chi connectivity index (χ0) is 12.7. The van der Waals surface area contributed by atoms with E-state index in [0.29, 0.717) is 18.1 Å². The van der Waals surface area contributed by atoms with Crippen molar-refractivity contribution in [2.24, 2.45) is 0 Å². The van der Waals surface area contributed by atoms with Crippen LogP contribution in [0.5, 0.6) is 0 Å². The van der Waals surface area contributed by atoms with Gasteiger partial charge in [0.2, 0.25) is 0 Å². The van der Waals surface area contributed by atoms with Crippen LogP contribution < -0.4 is 0 Å². The van der Waals surface area contributed by atoms with Crippen LogP contribution in [0.2, 0.25) is 0 Å². The summed E-state index contributed by atoms with van der Waals surface area (Å²) in [5.74, 6) is 1.18. The van der Waals surface area contributed by atoms with Crippen LogP contribution in [0.4, 0.5) is 0 Å². The van der Waals surface area contributed by atoms with Crippen molar-refractivity contribution in [3.63, 3.8) is 0 Å². The molecule has 1 atom stereocenters. The fourth-order valence-electron chi connectivity index (χ4n) is 1.84. The van der Waals surface area contributed by atoms with Gasteiger partial charge in [-0.3, -0.25) is 4.84 Å². The second kappa shape index (κ2) is 7.89. The summed E-state index contributed by atoms with van der Waals surface area (Å²) >= 11 is 0. The third-order valence-electron chi connectivity index (χ3n) is 2.69. The lowest BCUT2D eigenvalue weighted by Gasteiger charge is -2.26. The fourth-order valence-corrected chi connectivity index (χ4v) is 5.51. The third-order valence-corrected chi connectivity index (χ3v) is 8.08. The highest BCUT2D eigenvalue weighted by atomic mass is 32.5. The van der Waals surface area contributed by atoms with Gasteiger partial charge in [0.05, 0.1) is 6.61 Å². The number of hydroxylamine groups is 2. The first-order valence-corrected chi connectivity index (χ1v) is 9.99. The number of hydrogen-bond acceptors (Lipinski definition) is 2. The van der Waals surface area contributed by atoms with Crippen LogP contribution >= 0.6 is 6.72 Å². The molecule has 0 amide bonds. The van der Waals surface area contributed by atoms with Crippen molar-refractivity contribution >= 4 is 16.8 Å². The normalized spacial score (nSPS) is 20.5. The first kappa shape index (κ1) is 15.6. The largest absolute Gasteiger partial charge is 0.329 e. The van der Waals surface area contributed by atoms with E-state index in [1.54, 1.807) is 0 Å². The lowest BCUT2D eigenvalue weighted by atomic mass is 10.2. The molecule has 0 aromatic heterocycles. The SMILES string of the molecule is CCCS(CCON1CCCCC1)=P(O)(O)O. The van der Waals surface area contributed by atoms with E-state index < -0.39 is 16.8 Å². The molecule has 7 heteroatoms. The molecule has 1 fully saturated rings. The number of hydrogen-bond donors (Lipinski definition) is 3. The molecule has 1 unspecified atom stereocenters. The summed E-state index contributed by atoms with van der Waals surface area (Å²) in [7, 11) is -0.720. The van der Waals surface area contributed by atoms with E-state index in [1.807, 2.05) is 12.0 Å².